The highest BCUT2D eigenvalue weighted by Gasteiger charge is 2.15. The van der Waals surface area contributed by atoms with E-state index in [1.807, 2.05) is 0 Å². The van der Waals surface area contributed by atoms with Crippen LogP contribution < -0.4 is 5.32 Å². The lowest BCUT2D eigenvalue weighted by Gasteiger charge is -2.30. The van der Waals surface area contributed by atoms with Gasteiger partial charge in [0, 0.05) is 26.7 Å². The first-order chi connectivity index (χ1) is 8.63. The van der Waals surface area contributed by atoms with E-state index in [4.69, 9.17) is 0 Å². The van der Waals surface area contributed by atoms with E-state index in [9.17, 15) is 4.79 Å². The minimum atomic E-state index is -0.0121. The number of carbonyl (C=O) groups is 1. The lowest BCUT2D eigenvalue weighted by molar-refractivity contribution is 0.180. The molecule has 1 N–H and O–H groups in total. The van der Waals surface area contributed by atoms with Crippen LogP contribution in [0.15, 0.2) is 12.7 Å². The number of urea groups is 1. The van der Waals surface area contributed by atoms with Crippen LogP contribution in [0.3, 0.4) is 0 Å². The zero-order chi connectivity index (χ0) is 13.4. The first-order valence-corrected chi connectivity index (χ1v) is 6.95. The van der Waals surface area contributed by atoms with Crippen molar-refractivity contribution in [3.8, 4) is 0 Å². The molecule has 104 valence electrons. The fourth-order valence-corrected chi connectivity index (χ4v) is 2.40. The van der Waals surface area contributed by atoms with Gasteiger partial charge in [0.1, 0.15) is 0 Å². The van der Waals surface area contributed by atoms with Crippen LogP contribution in [0.4, 0.5) is 4.79 Å². The van der Waals surface area contributed by atoms with E-state index in [1.54, 1.807) is 18.0 Å². The molecule has 1 rings (SSSR count). The Morgan fingerprint density at radius 1 is 1.61 bits per heavy atom. The Morgan fingerprint density at radius 3 is 3.06 bits per heavy atom. The van der Waals surface area contributed by atoms with E-state index in [-0.39, 0.29) is 6.03 Å². The molecule has 1 heterocycles. The van der Waals surface area contributed by atoms with Crippen LogP contribution in [0, 0.1) is 5.92 Å². The van der Waals surface area contributed by atoms with Crippen LogP contribution in [0.5, 0.6) is 0 Å². The van der Waals surface area contributed by atoms with Gasteiger partial charge in [-0.1, -0.05) is 13.0 Å². The average Bonchev–Trinajstić information content (AvgIpc) is 2.35. The summed E-state index contributed by atoms with van der Waals surface area (Å²) in [6.07, 6.45) is 5.43. The van der Waals surface area contributed by atoms with Crippen LogP contribution >= 0.6 is 0 Å². The summed E-state index contributed by atoms with van der Waals surface area (Å²) in [5.41, 5.74) is 0. The van der Waals surface area contributed by atoms with E-state index >= 15 is 0 Å². The first-order valence-electron chi connectivity index (χ1n) is 6.95. The molecule has 0 aromatic rings. The molecule has 4 nitrogen and oxygen atoms in total. The zero-order valence-corrected chi connectivity index (χ0v) is 11.8. The van der Waals surface area contributed by atoms with Gasteiger partial charge in [-0.15, -0.1) is 6.58 Å². The maximum absolute atomic E-state index is 11.6. The van der Waals surface area contributed by atoms with Crippen molar-refractivity contribution in [2.75, 3.05) is 39.8 Å². The lowest BCUT2D eigenvalue weighted by Crippen LogP contribution is -2.40. The number of likely N-dealkylation sites (tertiary alicyclic amines) is 1. The predicted octanol–water partition coefficient (Wildman–Crippen LogP) is 1.94. The van der Waals surface area contributed by atoms with Crippen molar-refractivity contribution in [2.45, 2.75) is 26.2 Å². The predicted molar refractivity (Wildman–Crippen MR) is 75.7 cm³/mol. The number of carbonyl (C=O) groups excluding carboxylic acids is 1. The molecule has 0 saturated carbocycles. The zero-order valence-electron chi connectivity index (χ0n) is 11.8. The summed E-state index contributed by atoms with van der Waals surface area (Å²) in [5, 5.41) is 2.93. The van der Waals surface area contributed by atoms with Gasteiger partial charge in [-0.05, 0) is 38.3 Å². The molecule has 0 bridgehead atoms. The number of nitrogens with zero attached hydrogens (tertiary/aromatic N) is 2. The van der Waals surface area contributed by atoms with Crippen LogP contribution in [0.25, 0.3) is 0 Å². The summed E-state index contributed by atoms with van der Waals surface area (Å²) in [7, 11) is 1.78. The van der Waals surface area contributed by atoms with Crippen LogP contribution in [0.2, 0.25) is 0 Å². The molecular formula is C14H27N3O. The Morgan fingerprint density at radius 2 is 2.39 bits per heavy atom. The molecule has 2 amide bonds. The third kappa shape index (κ3) is 5.54. The van der Waals surface area contributed by atoms with E-state index in [0.717, 1.165) is 25.4 Å². The number of hydrogen-bond donors (Lipinski definition) is 1. The molecular weight excluding hydrogens is 226 g/mol. The minimum Gasteiger partial charge on any atom is -0.338 e. The highest BCUT2D eigenvalue weighted by Crippen LogP contribution is 2.15. The summed E-state index contributed by atoms with van der Waals surface area (Å²) in [6, 6.07) is -0.0121. The maximum atomic E-state index is 11.6. The van der Waals surface area contributed by atoms with Gasteiger partial charge in [0.15, 0.2) is 0 Å². The van der Waals surface area contributed by atoms with Crippen molar-refractivity contribution in [3.05, 3.63) is 12.7 Å². The molecule has 0 aliphatic carbocycles. The molecule has 0 spiro atoms. The van der Waals surface area contributed by atoms with Crippen molar-refractivity contribution in [1.29, 1.82) is 0 Å². The summed E-state index contributed by atoms with van der Waals surface area (Å²) < 4.78 is 0. The number of nitrogens with one attached hydrogen (secondary N) is 1. The van der Waals surface area contributed by atoms with E-state index in [0.29, 0.717) is 6.54 Å². The third-order valence-corrected chi connectivity index (χ3v) is 3.42. The minimum absolute atomic E-state index is 0.0121. The normalized spacial score (nSPS) is 20.4. The summed E-state index contributed by atoms with van der Waals surface area (Å²) in [6.45, 7) is 10.8. The summed E-state index contributed by atoms with van der Waals surface area (Å²) in [5.74, 6) is 0.826. The van der Waals surface area contributed by atoms with E-state index in [1.165, 1.54) is 25.9 Å². The van der Waals surface area contributed by atoms with Crippen molar-refractivity contribution >= 4 is 6.03 Å². The van der Waals surface area contributed by atoms with Gasteiger partial charge in [-0.3, -0.25) is 0 Å². The second-order valence-corrected chi connectivity index (χ2v) is 5.30. The molecule has 4 heteroatoms. The van der Waals surface area contributed by atoms with Crippen LogP contribution in [0.1, 0.15) is 26.2 Å². The topological polar surface area (TPSA) is 35.6 Å². The van der Waals surface area contributed by atoms with Crippen LogP contribution in [-0.2, 0) is 0 Å². The van der Waals surface area contributed by atoms with E-state index in [2.05, 4.69) is 23.7 Å². The van der Waals surface area contributed by atoms with Gasteiger partial charge < -0.3 is 15.1 Å². The van der Waals surface area contributed by atoms with Gasteiger partial charge in [0.05, 0.1) is 0 Å². The van der Waals surface area contributed by atoms with Gasteiger partial charge in [0.2, 0.25) is 0 Å². The Balaban J connectivity index is 2.07. The number of rotatable bonds is 6. The van der Waals surface area contributed by atoms with Crippen molar-refractivity contribution in [1.82, 2.24) is 15.1 Å². The maximum Gasteiger partial charge on any atom is 0.317 e. The van der Waals surface area contributed by atoms with Crippen molar-refractivity contribution in [2.24, 2.45) is 5.92 Å². The van der Waals surface area contributed by atoms with Gasteiger partial charge in [-0.25, -0.2) is 4.79 Å². The molecule has 1 aliphatic heterocycles. The number of piperidine rings is 1. The molecule has 0 aromatic heterocycles. The highest BCUT2D eigenvalue weighted by molar-refractivity contribution is 5.73. The van der Waals surface area contributed by atoms with Crippen molar-refractivity contribution in [3.63, 3.8) is 0 Å². The highest BCUT2D eigenvalue weighted by atomic mass is 16.2. The number of hydrogen-bond acceptors (Lipinski definition) is 2. The van der Waals surface area contributed by atoms with Gasteiger partial charge >= 0.3 is 6.03 Å². The average molecular weight is 253 g/mol. The van der Waals surface area contributed by atoms with E-state index < -0.39 is 0 Å². The van der Waals surface area contributed by atoms with Gasteiger partial charge in [0.25, 0.3) is 0 Å². The monoisotopic (exact) mass is 253 g/mol. The molecule has 1 unspecified atom stereocenters. The third-order valence-electron chi connectivity index (χ3n) is 3.42. The molecule has 1 fully saturated rings. The SMILES string of the molecule is C=CCN(C)C(=O)NCCCN1CCCC(C)C1. The van der Waals surface area contributed by atoms with Crippen molar-refractivity contribution < 1.29 is 4.79 Å². The summed E-state index contributed by atoms with van der Waals surface area (Å²) >= 11 is 0. The second-order valence-electron chi connectivity index (χ2n) is 5.30. The van der Waals surface area contributed by atoms with Crippen LogP contribution in [-0.4, -0.2) is 55.6 Å². The first kappa shape index (κ1) is 15.0. The lowest BCUT2D eigenvalue weighted by atomic mass is 10.0. The molecule has 0 aromatic carbocycles. The molecule has 1 saturated heterocycles. The summed E-state index contributed by atoms with van der Waals surface area (Å²) in [4.78, 5) is 15.7. The molecule has 1 atom stereocenters. The Bertz CT molecular complexity index is 268. The Kier molecular flexibility index (Phi) is 6.80. The standard InChI is InChI=1S/C14H27N3O/c1-4-9-16(3)14(18)15-8-6-11-17-10-5-7-13(2)12-17/h4,13H,1,5-12H2,2-3H3,(H,15,18). The molecule has 18 heavy (non-hydrogen) atoms. The molecule has 1 aliphatic rings. The Labute approximate surface area is 111 Å². The Hall–Kier alpha value is -1.03. The second kappa shape index (κ2) is 8.14. The smallest absolute Gasteiger partial charge is 0.317 e. The largest absolute Gasteiger partial charge is 0.338 e. The number of likely N-dealkylation sites (N-methyl/N-ethyl adjacent to an activating group) is 1. The molecule has 0 radical (unpaired) electrons. The fourth-order valence-electron chi connectivity index (χ4n) is 2.40. The number of amides is 2. The fraction of sp³-hybridized carbons (Fsp3) is 0.786. The van der Waals surface area contributed by atoms with Gasteiger partial charge in [-0.2, -0.15) is 0 Å². The quantitative estimate of drug-likeness (QED) is 0.580.